The summed E-state index contributed by atoms with van der Waals surface area (Å²) in [4.78, 5) is 16.4. The molecule has 3 aromatic rings. The van der Waals surface area contributed by atoms with Crippen molar-refractivity contribution < 1.29 is 13.2 Å². The van der Waals surface area contributed by atoms with Gasteiger partial charge in [-0.3, -0.25) is 4.79 Å². The molecule has 0 atom stereocenters. The predicted octanol–water partition coefficient (Wildman–Crippen LogP) is 2.80. The van der Waals surface area contributed by atoms with Gasteiger partial charge in [-0.1, -0.05) is 36.4 Å². The van der Waals surface area contributed by atoms with Crippen LogP contribution in [0.5, 0.6) is 0 Å². The van der Waals surface area contributed by atoms with Crippen LogP contribution in [0.4, 0.5) is 5.82 Å². The van der Waals surface area contributed by atoms with Crippen LogP contribution in [0.1, 0.15) is 5.56 Å². The molecule has 0 saturated carbocycles. The summed E-state index contributed by atoms with van der Waals surface area (Å²) in [5.41, 5.74) is 0.806. The van der Waals surface area contributed by atoms with Crippen LogP contribution in [-0.4, -0.2) is 37.2 Å². The Hall–Kier alpha value is -2.77. The number of fused-ring (bicyclic) bond motifs is 1. The van der Waals surface area contributed by atoms with Crippen LogP contribution in [0.25, 0.3) is 10.8 Å². The van der Waals surface area contributed by atoms with Crippen molar-refractivity contribution in [2.24, 2.45) is 0 Å². The Bertz CT molecular complexity index is 1060. The summed E-state index contributed by atoms with van der Waals surface area (Å²) in [6.07, 6.45) is 1.57. The summed E-state index contributed by atoms with van der Waals surface area (Å²) in [6, 6.07) is 16.0. The Kier molecular flexibility index (Phi) is 5.01. The molecular weight excluding hydrogens is 350 g/mol. The van der Waals surface area contributed by atoms with E-state index in [1.807, 2.05) is 37.3 Å². The number of rotatable bonds is 5. The number of carbonyl (C=O) groups is 1. The highest BCUT2D eigenvalue weighted by Crippen LogP contribution is 2.21. The topological polar surface area (TPSA) is 79.4 Å². The summed E-state index contributed by atoms with van der Waals surface area (Å²) in [5, 5.41) is 4.42. The SMILES string of the molecule is Cc1cccnc1NC(=O)CN(C)S(=O)(=O)c1ccc2ccccc2c1. The first-order valence-electron chi connectivity index (χ1n) is 8.04. The first-order chi connectivity index (χ1) is 12.4. The predicted molar refractivity (Wildman–Crippen MR) is 101 cm³/mol. The summed E-state index contributed by atoms with van der Waals surface area (Å²) in [5.74, 6) is -0.0207. The number of nitrogens with one attached hydrogen (secondary N) is 1. The maximum atomic E-state index is 12.8. The number of hydrogen-bond acceptors (Lipinski definition) is 4. The molecule has 0 radical (unpaired) electrons. The van der Waals surface area contributed by atoms with Gasteiger partial charge in [-0.2, -0.15) is 4.31 Å². The van der Waals surface area contributed by atoms with E-state index in [0.29, 0.717) is 5.82 Å². The number of anilines is 1. The lowest BCUT2D eigenvalue weighted by Crippen LogP contribution is -2.35. The molecule has 1 amide bonds. The molecule has 0 unspecified atom stereocenters. The highest BCUT2D eigenvalue weighted by Gasteiger charge is 2.23. The number of pyridine rings is 1. The lowest BCUT2D eigenvalue weighted by molar-refractivity contribution is -0.116. The van der Waals surface area contributed by atoms with E-state index >= 15 is 0 Å². The van der Waals surface area contributed by atoms with Crippen molar-refractivity contribution in [3.63, 3.8) is 0 Å². The first kappa shape index (κ1) is 18.0. The van der Waals surface area contributed by atoms with Crippen molar-refractivity contribution in [3.05, 3.63) is 66.4 Å². The van der Waals surface area contributed by atoms with Crippen LogP contribution < -0.4 is 5.32 Å². The van der Waals surface area contributed by atoms with Crippen molar-refractivity contribution in [1.82, 2.24) is 9.29 Å². The molecule has 0 fully saturated rings. The van der Waals surface area contributed by atoms with E-state index < -0.39 is 15.9 Å². The largest absolute Gasteiger partial charge is 0.309 e. The van der Waals surface area contributed by atoms with Crippen molar-refractivity contribution in [2.45, 2.75) is 11.8 Å². The summed E-state index contributed by atoms with van der Waals surface area (Å²) < 4.78 is 26.6. The number of sulfonamides is 1. The van der Waals surface area contributed by atoms with Crippen molar-refractivity contribution >= 4 is 32.5 Å². The average Bonchev–Trinajstić information content (AvgIpc) is 2.63. The molecule has 134 valence electrons. The normalized spacial score (nSPS) is 11.7. The molecule has 1 heterocycles. The van der Waals surface area contributed by atoms with Gasteiger partial charge in [-0.05, 0) is 41.5 Å². The van der Waals surface area contributed by atoms with Crippen LogP contribution in [0.2, 0.25) is 0 Å². The average molecular weight is 369 g/mol. The summed E-state index contributed by atoms with van der Waals surface area (Å²) >= 11 is 0. The van der Waals surface area contributed by atoms with E-state index in [9.17, 15) is 13.2 Å². The molecule has 0 saturated heterocycles. The van der Waals surface area contributed by atoms with E-state index in [0.717, 1.165) is 20.6 Å². The van der Waals surface area contributed by atoms with Gasteiger partial charge in [-0.15, -0.1) is 0 Å². The summed E-state index contributed by atoms with van der Waals surface area (Å²) in [7, 11) is -2.39. The quantitative estimate of drug-likeness (QED) is 0.750. The van der Waals surface area contributed by atoms with Gasteiger partial charge in [-0.25, -0.2) is 13.4 Å². The highest BCUT2D eigenvalue weighted by atomic mass is 32.2. The number of likely N-dealkylation sites (N-methyl/N-ethyl adjacent to an activating group) is 1. The van der Waals surface area contributed by atoms with Gasteiger partial charge in [0.25, 0.3) is 0 Å². The maximum Gasteiger partial charge on any atom is 0.243 e. The second-order valence-corrected chi connectivity index (χ2v) is 8.03. The number of nitrogens with zero attached hydrogens (tertiary/aromatic N) is 2. The molecule has 0 aliphatic carbocycles. The van der Waals surface area contributed by atoms with Crippen molar-refractivity contribution in [1.29, 1.82) is 0 Å². The fourth-order valence-electron chi connectivity index (χ4n) is 2.58. The number of aromatic nitrogens is 1. The van der Waals surface area contributed by atoms with Crippen molar-refractivity contribution in [3.8, 4) is 0 Å². The summed E-state index contributed by atoms with van der Waals surface area (Å²) in [6.45, 7) is 1.52. The van der Waals surface area contributed by atoms with Gasteiger partial charge in [0.15, 0.2) is 0 Å². The molecule has 0 bridgehead atoms. The zero-order chi connectivity index (χ0) is 18.7. The molecule has 0 aliphatic heterocycles. The highest BCUT2D eigenvalue weighted by molar-refractivity contribution is 7.89. The third-order valence-corrected chi connectivity index (χ3v) is 5.86. The number of benzene rings is 2. The number of aryl methyl sites for hydroxylation is 1. The van der Waals surface area contributed by atoms with Gasteiger partial charge < -0.3 is 5.32 Å². The molecule has 6 nitrogen and oxygen atoms in total. The number of amides is 1. The van der Waals surface area contributed by atoms with Crippen LogP contribution in [0.15, 0.2) is 65.7 Å². The van der Waals surface area contributed by atoms with E-state index in [1.165, 1.54) is 7.05 Å². The van der Waals surface area contributed by atoms with Gasteiger partial charge >= 0.3 is 0 Å². The Labute approximate surface area is 152 Å². The van der Waals surface area contributed by atoms with Crippen LogP contribution in [-0.2, 0) is 14.8 Å². The second-order valence-electron chi connectivity index (χ2n) is 5.99. The fraction of sp³-hybridized carbons (Fsp3) is 0.158. The first-order valence-corrected chi connectivity index (χ1v) is 9.48. The molecule has 0 aliphatic rings. The monoisotopic (exact) mass is 369 g/mol. The fourth-order valence-corrected chi connectivity index (χ4v) is 3.75. The van der Waals surface area contributed by atoms with E-state index in [2.05, 4.69) is 10.3 Å². The zero-order valence-electron chi connectivity index (χ0n) is 14.5. The van der Waals surface area contributed by atoms with Gasteiger partial charge in [0.1, 0.15) is 5.82 Å². The molecule has 0 spiro atoms. The molecule has 26 heavy (non-hydrogen) atoms. The van der Waals surface area contributed by atoms with Gasteiger partial charge in [0.2, 0.25) is 15.9 Å². The van der Waals surface area contributed by atoms with E-state index in [4.69, 9.17) is 0 Å². The molecular formula is C19H19N3O3S. The Morgan fingerprint density at radius 2 is 1.81 bits per heavy atom. The van der Waals surface area contributed by atoms with Crippen LogP contribution in [0.3, 0.4) is 0 Å². The minimum atomic E-state index is -3.78. The van der Waals surface area contributed by atoms with E-state index in [1.54, 1.807) is 30.5 Å². The molecule has 3 rings (SSSR count). The Morgan fingerprint density at radius 1 is 1.08 bits per heavy atom. The lowest BCUT2D eigenvalue weighted by Gasteiger charge is -2.17. The minimum absolute atomic E-state index is 0.153. The Balaban J connectivity index is 1.77. The lowest BCUT2D eigenvalue weighted by atomic mass is 10.1. The van der Waals surface area contributed by atoms with E-state index in [-0.39, 0.29) is 11.4 Å². The Morgan fingerprint density at radius 3 is 2.54 bits per heavy atom. The zero-order valence-corrected chi connectivity index (χ0v) is 15.3. The molecule has 2 aromatic carbocycles. The van der Waals surface area contributed by atoms with Gasteiger partial charge in [0.05, 0.1) is 11.4 Å². The smallest absolute Gasteiger partial charge is 0.243 e. The molecule has 7 heteroatoms. The van der Waals surface area contributed by atoms with Gasteiger partial charge in [0, 0.05) is 13.2 Å². The number of hydrogen-bond donors (Lipinski definition) is 1. The third kappa shape index (κ3) is 3.74. The standard InChI is InChI=1S/C19H19N3O3S/c1-14-6-5-11-20-19(14)21-18(23)13-22(2)26(24,25)17-10-9-15-7-3-4-8-16(15)12-17/h3-12H,13H2,1-2H3,(H,20,21,23). The van der Waals surface area contributed by atoms with Crippen molar-refractivity contribution in [2.75, 3.05) is 18.9 Å². The van der Waals surface area contributed by atoms with Crippen LogP contribution in [0, 0.1) is 6.92 Å². The molecule has 1 aromatic heterocycles. The second kappa shape index (κ2) is 7.23. The minimum Gasteiger partial charge on any atom is -0.309 e. The number of carbonyl (C=O) groups excluding carboxylic acids is 1. The molecule has 1 N–H and O–H groups in total. The third-order valence-electron chi connectivity index (χ3n) is 4.06. The van der Waals surface area contributed by atoms with Crippen LogP contribution >= 0.6 is 0 Å². The maximum absolute atomic E-state index is 12.8.